The molecule has 72 valence electrons. The predicted octanol–water partition coefficient (Wildman–Crippen LogP) is 1.23. The fourth-order valence-corrected chi connectivity index (χ4v) is 1.20. The minimum absolute atomic E-state index is 0.0565. The molecule has 5 nitrogen and oxygen atoms in total. The van der Waals surface area contributed by atoms with Crippen LogP contribution in [0.3, 0.4) is 0 Å². The maximum Gasteiger partial charge on any atom is 0.287 e. The molecule has 0 amide bonds. The van der Waals surface area contributed by atoms with E-state index in [1.54, 1.807) is 13.0 Å². The van der Waals surface area contributed by atoms with Crippen molar-refractivity contribution in [2.45, 2.75) is 13.5 Å². The molecule has 14 heavy (non-hydrogen) atoms. The minimum atomic E-state index is -0.564. The molecular formula is C9H9N3O2. The van der Waals surface area contributed by atoms with Crippen LogP contribution in [0, 0.1) is 28.4 Å². The zero-order chi connectivity index (χ0) is 10.7. The van der Waals surface area contributed by atoms with Gasteiger partial charge < -0.3 is 5.73 Å². The van der Waals surface area contributed by atoms with E-state index in [2.05, 4.69) is 0 Å². The van der Waals surface area contributed by atoms with E-state index in [0.717, 1.165) is 11.1 Å². The summed E-state index contributed by atoms with van der Waals surface area (Å²) in [6, 6.07) is 4.62. The van der Waals surface area contributed by atoms with E-state index in [-0.39, 0.29) is 17.8 Å². The van der Waals surface area contributed by atoms with Gasteiger partial charge in [-0.25, -0.2) is 0 Å². The van der Waals surface area contributed by atoms with Gasteiger partial charge in [-0.2, -0.15) is 5.26 Å². The zero-order valence-corrected chi connectivity index (χ0v) is 7.65. The van der Waals surface area contributed by atoms with Gasteiger partial charge in [0.05, 0.1) is 4.92 Å². The molecule has 0 radical (unpaired) electrons. The van der Waals surface area contributed by atoms with Crippen LogP contribution in [0.2, 0.25) is 0 Å². The lowest BCUT2D eigenvalue weighted by atomic mass is 10.0. The summed E-state index contributed by atoms with van der Waals surface area (Å²) >= 11 is 0. The van der Waals surface area contributed by atoms with Gasteiger partial charge in [0.25, 0.3) is 5.69 Å². The molecule has 0 aliphatic heterocycles. The first-order valence-electron chi connectivity index (χ1n) is 3.98. The third-order valence-electron chi connectivity index (χ3n) is 1.99. The molecule has 0 bridgehead atoms. The summed E-state index contributed by atoms with van der Waals surface area (Å²) in [5, 5.41) is 19.2. The van der Waals surface area contributed by atoms with Crippen LogP contribution in [0.15, 0.2) is 12.1 Å². The third kappa shape index (κ3) is 1.70. The number of nitrogens with zero attached hydrogens (tertiary/aromatic N) is 2. The first kappa shape index (κ1) is 10.2. The molecule has 0 saturated carbocycles. The second-order valence-electron chi connectivity index (χ2n) is 2.87. The van der Waals surface area contributed by atoms with Crippen molar-refractivity contribution in [2.75, 3.05) is 0 Å². The molecule has 0 spiro atoms. The van der Waals surface area contributed by atoms with Crippen LogP contribution in [-0.2, 0) is 6.54 Å². The molecule has 1 aromatic rings. The van der Waals surface area contributed by atoms with E-state index in [9.17, 15) is 10.1 Å². The smallest absolute Gasteiger partial charge is 0.287 e. The van der Waals surface area contributed by atoms with Crippen LogP contribution in [-0.4, -0.2) is 4.92 Å². The highest BCUT2D eigenvalue weighted by molar-refractivity contribution is 5.53. The highest BCUT2D eigenvalue weighted by Gasteiger charge is 2.15. The normalized spacial score (nSPS) is 9.50. The van der Waals surface area contributed by atoms with Gasteiger partial charge in [-0.1, -0.05) is 0 Å². The van der Waals surface area contributed by atoms with Crippen molar-refractivity contribution in [1.82, 2.24) is 0 Å². The molecule has 1 aromatic carbocycles. The molecule has 0 unspecified atom stereocenters. The van der Waals surface area contributed by atoms with Crippen molar-refractivity contribution in [1.29, 1.82) is 5.26 Å². The molecule has 0 aliphatic rings. The van der Waals surface area contributed by atoms with E-state index in [1.165, 1.54) is 12.1 Å². The molecule has 0 fully saturated rings. The van der Waals surface area contributed by atoms with E-state index in [1.807, 2.05) is 0 Å². The topological polar surface area (TPSA) is 93.0 Å². The monoisotopic (exact) mass is 191 g/mol. The number of benzene rings is 1. The molecular weight excluding hydrogens is 182 g/mol. The summed E-state index contributed by atoms with van der Waals surface area (Å²) in [7, 11) is 0. The molecule has 5 heteroatoms. The summed E-state index contributed by atoms with van der Waals surface area (Å²) in [4.78, 5) is 9.99. The van der Waals surface area contributed by atoms with Gasteiger partial charge in [-0.05, 0) is 24.1 Å². The Morgan fingerprint density at radius 3 is 2.71 bits per heavy atom. The first-order chi connectivity index (χ1) is 6.60. The predicted molar refractivity (Wildman–Crippen MR) is 50.4 cm³/mol. The number of nitriles is 1. The number of rotatable bonds is 2. The van der Waals surface area contributed by atoms with Crippen molar-refractivity contribution in [3.63, 3.8) is 0 Å². The fourth-order valence-electron chi connectivity index (χ4n) is 1.20. The summed E-state index contributed by atoms with van der Waals surface area (Å²) in [5.74, 6) is 0. The largest absolute Gasteiger partial charge is 0.326 e. The lowest BCUT2D eigenvalue weighted by Gasteiger charge is -2.03. The van der Waals surface area contributed by atoms with Gasteiger partial charge in [0, 0.05) is 12.6 Å². The van der Waals surface area contributed by atoms with Crippen molar-refractivity contribution in [3.8, 4) is 6.07 Å². The lowest BCUT2D eigenvalue weighted by molar-refractivity contribution is -0.385. The molecule has 0 heterocycles. The van der Waals surface area contributed by atoms with E-state index in [0.29, 0.717) is 0 Å². The molecule has 0 aromatic heterocycles. The fraction of sp³-hybridized carbons (Fsp3) is 0.222. The quantitative estimate of drug-likeness (QED) is 0.562. The van der Waals surface area contributed by atoms with Crippen molar-refractivity contribution >= 4 is 5.69 Å². The van der Waals surface area contributed by atoms with Crippen LogP contribution in [0.25, 0.3) is 0 Å². The average molecular weight is 191 g/mol. The standard InChI is InChI=1S/C9H9N3O2/c1-6-2-9(12(13)14)8(5-11)3-7(6)4-10/h2-3H,4,10H2,1H3. The number of nitro groups is 1. The SMILES string of the molecule is Cc1cc([N+](=O)[O-])c(C#N)cc1CN. The Hall–Kier alpha value is -1.93. The molecule has 0 aliphatic carbocycles. The maximum atomic E-state index is 10.6. The van der Waals surface area contributed by atoms with E-state index < -0.39 is 4.92 Å². The van der Waals surface area contributed by atoms with Crippen LogP contribution in [0.5, 0.6) is 0 Å². The van der Waals surface area contributed by atoms with Gasteiger partial charge in [0.1, 0.15) is 11.6 Å². The maximum absolute atomic E-state index is 10.6. The number of nitro benzene ring substituents is 1. The van der Waals surface area contributed by atoms with Crippen molar-refractivity contribution in [2.24, 2.45) is 5.73 Å². The summed E-state index contributed by atoms with van der Waals surface area (Å²) < 4.78 is 0. The Morgan fingerprint density at radius 1 is 1.64 bits per heavy atom. The Labute approximate surface area is 80.9 Å². The summed E-state index contributed by atoms with van der Waals surface area (Å²) in [5.41, 5.74) is 6.80. The number of hydrogen-bond donors (Lipinski definition) is 1. The second kappa shape index (κ2) is 3.85. The van der Waals surface area contributed by atoms with Crippen LogP contribution in [0.1, 0.15) is 16.7 Å². The second-order valence-corrected chi connectivity index (χ2v) is 2.87. The van der Waals surface area contributed by atoms with E-state index in [4.69, 9.17) is 11.0 Å². The lowest BCUT2D eigenvalue weighted by Crippen LogP contribution is -2.02. The third-order valence-corrected chi connectivity index (χ3v) is 1.99. The van der Waals surface area contributed by atoms with Gasteiger partial charge in [0.2, 0.25) is 0 Å². The number of aryl methyl sites for hydroxylation is 1. The van der Waals surface area contributed by atoms with Gasteiger partial charge in [0.15, 0.2) is 0 Å². The van der Waals surface area contributed by atoms with E-state index >= 15 is 0 Å². The minimum Gasteiger partial charge on any atom is -0.326 e. The molecule has 2 N–H and O–H groups in total. The first-order valence-corrected chi connectivity index (χ1v) is 3.98. The number of hydrogen-bond acceptors (Lipinski definition) is 4. The highest BCUT2D eigenvalue weighted by atomic mass is 16.6. The van der Waals surface area contributed by atoms with Crippen LogP contribution < -0.4 is 5.73 Å². The van der Waals surface area contributed by atoms with Crippen LogP contribution in [0.4, 0.5) is 5.69 Å². The summed E-state index contributed by atoms with van der Waals surface area (Å²) in [6.45, 7) is 2.01. The Kier molecular flexibility index (Phi) is 2.79. The van der Waals surface area contributed by atoms with Gasteiger partial charge >= 0.3 is 0 Å². The Bertz CT molecular complexity index is 421. The van der Waals surface area contributed by atoms with Crippen LogP contribution >= 0.6 is 0 Å². The Morgan fingerprint density at radius 2 is 2.29 bits per heavy atom. The van der Waals surface area contributed by atoms with Gasteiger partial charge in [-0.3, -0.25) is 10.1 Å². The zero-order valence-electron chi connectivity index (χ0n) is 7.65. The Balaban J connectivity index is 3.41. The summed E-state index contributed by atoms with van der Waals surface area (Å²) in [6.07, 6.45) is 0. The van der Waals surface area contributed by atoms with Gasteiger partial charge in [-0.15, -0.1) is 0 Å². The highest BCUT2D eigenvalue weighted by Crippen LogP contribution is 2.22. The van der Waals surface area contributed by atoms with Crippen molar-refractivity contribution < 1.29 is 4.92 Å². The molecule has 0 saturated heterocycles. The number of nitrogens with two attached hydrogens (primary N) is 1. The average Bonchev–Trinajstić information content (AvgIpc) is 2.17. The molecule has 1 rings (SSSR count). The van der Waals surface area contributed by atoms with Crippen molar-refractivity contribution in [3.05, 3.63) is 38.9 Å². The molecule has 0 atom stereocenters.